The van der Waals surface area contributed by atoms with Crippen LogP contribution in [0.5, 0.6) is 0 Å². The second-order valence-corrected chi connectivity index (χ2v) is 3.41. The number of nitrogens with zero attached hydrogens (tertiary/aromatic N) is 2. The summed E-state index contributed by atoms with van der Waals surface area (Å²) < 4.78 is 0. The Morgan fingerprint density at radius 2 is 2.38 bits per heavy atom. The van der Waals surface area contributed by atoms with Crippen LogP contribution in [-0.4, -0.2) is 26.0 Å². The van der Waals surface area contributed by atoms with Crippen LogP contribution in [0.15, 0.2) is 36.9 Å². The van der Waals surface area contributed by atoms with Crippen LogP contribution < -0.4 is 0 Å². The minimum atomic E-state index is -0.849. The highest BCUT2D eigenvalue weighted by atomic mass is 16.4. The molecule has 0 saturated carbocycles. The molecule has 0 radical (unpaired) electrons. The van der Waals surface area contributed by atoms with Crippen molar-refractivity contribution < 1.29 is 9.90 Å². The van der Waals surface area contributed by atoms with Gasteiger partial charge in [0.1, 0.15) is 6.33 Å². The average Bonchev–Trinajstić information content (AvgIpc) is 2.80. The molecule has 0 saturated heterocycles. The van der Waals surface area contributed by atoms with Crippen molar-refractivity contribution in [3.63, 3.8) is 0 Å². The van der Waals surface area contributed by atoms with Gasteiger partial charge in [-0.3, -0.25) is 4.79 Å². The maximum absolute atomic E-state index is 10.8. The second kappa shape index (κ2) is 4.57. The van der Waals surface area contributed by atoms with Crippen LogP contribution in [0, 0.1) is 0 Å². The molecule has 0 aliphatic carbocycles. The number of aromatic amines is 1. The molecule has 16 heavy (non-hydrogen) atoms. The number of aromatic nitrogens is 3. The van der Waals surface area contributed by atoms with E-state index < -0.39 is 5.97 Å². The monoisotopic (exact) mass is 217 g/mol. The first-order valence-corrected chi connectivity index (χ1v) is 4.88. The number of aliphatic carboxylic acids is 1. The fourth-order valence-electron chi connectivity index (χ4n) is 1.62. The lowest BCUT2D eigenvalue weighted by atomic mass is 9.97. The summed E-state index contributed by atoms with van der Waals surface area (Å²) in [6, 6.07) is 5.43. The van der Waals surface area contributed by atoms with E-state index in [4.69, 9.17) is 5.11 Å². The summed E-state index contributed by atoms with van der Waals surface area (Å²) in [6.45, 7) is 0. The lowest BCUT2D eigenvalue weighted by molar-refractivity contribution is -0.137. The molecule has 2 N–H and O–H groups in total. The molecule has 2 aromatic rings. The van der Waals surface area contributed by atoms with E-state index in [0.29, 0.717) is 5.69 Å². The SMILES string of the molecule is O=C(O)CC(c1ccncn1)c1ccc[nH]1. The predicted octanol–water partition coefficient (Wildman–Crippen LogP) is 1.41. The highest BCUT2D eigenvalue weighted by Crippen LogP contribution is 2.24. The lowest BCUT2D eigenvalue weighted by Gasteiger charge is -2.12. The van der Waals surface area contributed by atoms with Crippen molar-refractivity contribution >= 4 is 5.97 Å². The zero-order chi connectivity index (χ0) is 11.4. The third kappa shape index (κ3) is 2.25. The molecule has 1 unspecified atom stereocenters. The quantitative estimate of drug-likeness (QED) is 0.811. The van der Waals surface area contributed by atoms with Crippen LogP contribution in [0.2, 0.25) is 0 Å². The summed E-state index contributed by atoms with van der Waals surface area (Å²) in [5.41, 5.74) is 1.56. The zero-order valence-corrected chi connectivity index (χ0v) is 8.50. The Hall–Kier alpha value is -2.17. The standard InChI is InChI=1S/C11H11N3O2/c15-11(16)6-8(9-2-1-4-13-9)10-3-5-12-7-14-10/h1-5,7-8,13H,6H2,(H,15,16). The molecular formula is C11H11N3O2. The van der Waals surface area contributed by atoms with Crippen LogP contribution in [0.4, 0.5) is 0 Å². The molecule has 0 bridgehead atoms. The summed E-state index contributed by atoms with van der Waals surface area (Å²) >= 11 is 0. The molecular weight excluding hydrogens is 206 g/mol. The molecule has 5 nitrogen and oxygen atoms in total. The van der Waals surface area contributed by atoms with Crippen LogP contribution in [0.25, 0.3) is 0 Å². The predicted molar refractivity (Wildman–Crippen MR) is 56.9 cm³/mol. The van der Waals surface area contributed by atoms with Crippen LogP contribution in [-0.2, 0) is 4.79 Å². The molecule has 2 aromatic heterocycles. The third-order valence-corrected chi connectivity index (χ3v) is 2.34. The van der Waals surface area contributed by atoms with E-state index in [1.54, 1.807) is 18.5 Å². The van der Waals surface area contributed by atoms with Gasteiger partial charge in [0.05, 0.1) is 18.0 Å². The van der Waals surface area contributed by atoms with Gasteiger partial charge in [0.15, 0.2) is 0 Å². The minimum absolute atomic E-state index is 0.0114. The Balaban J connectivity index is 2.32. The number of carbonyl (C=O) groups is 1. The second-order valence-electron chi connectivity index (χ2n) is 3.41. The molecule has 82 valence electrons. The molecule has 0 aliphatic rings. The van der Waals surface area contributed by atoms with Gasteiger partial charge >= 0.3 is 5.97 Å². The van der Waals surface area contributed by atoms with Gasteiger partial charge in [-0.25, -0.2) is 9.97 Å². The number of rotatable bonds is 4. The maximum atomic E-state index is 10.8. The van der Waals surface area contributed by atoms with Gasteiger partial charge in [-0.1, -0.05) is 0 Å². The minimum Gasteiger partial charge on any atom is -0.481 e. The normalized spacial score (nSPS) is 12.2. The summed E-state index contributed by atoms with van der Waals surface area (Å²) in [6.07, 6.45) is 4.82. The lowest BCUT2D eigenvalue weighted by Crippen LogP contribution is -2.09. The highest BCUT2D eigenvalue weighted by molar-refractivity contribution is 5.68. The molecule has 0 aromatic carbocycles. The van der Waals surface area contributed by atoms with Gasteiger partial charge in [0.2, 0.25) is 0 Å². The average molecular weight is 217 g/mol. The summed E-state index contributed by atoms with van der Waals surface area (Å²) in [7, 11) is 0. The van der Waals surface area contributed by atoms with Crippen molar-refractivity contribution in [3.8, 4) is 0 Å². The molecule has 5 heteroatoms. The van der Waals surface area contributed by atoms with Crippen LogP contribution >= 0.6 is 0 Å². The fourth-order valence-corrected chi connectivity index (χ4v) is 1.62. The van der Waals surface area contributed by atoms with E-state index in [2.05, 4.69) is 15.0 Å². The molecule has 0 aliphatic heterocycles. The summed E-state index contributed by atoms with van der Waals surface area (Å²) in [5, 5.41) is 8.89. The molecule has 2 heterocycles. The number of H-pyrrole nitrogens is 1. The largest absolute Gasteiger partial charge is 0.481 e. The van der Waals surface area contributed by atoms with E-state index in [-0.39, 0.29) is 12.3 Å². The van der Waals surface area contributed by atoms with Gasteiger partial charge < -0.3 is 10.1 Å². The van der Waals surface area contributed by atoms with Crippen molar-refractivity contribution in [3.05, 3.63) is 48.3 Å². The first kappa shape index (κ1) is 10.4. The van der Waals surface area contributed by atoms with Crippen molar-refractivity contribution in [2.45, 2.75) is 12.3 Å². The van der Waals surface area contributed by atoms with E-state index >= 15 is 0 Å². The maximum Gasteiger partial charge on any atom is 0.304 e. The van der Waals surface area contributed by atoms with Crippen molar-refractivity contribution in [1.29, 1.82) is 0 Å². The van der Waals surface area contributed by atoms with Crippen molar-refractivity contribution in [2.24, 2.45) is 0 Å². The number of nitrogens with one attached hydrogen (secondary N) is 1. The van der Waals surface area contributed by atoms with Crippen molar-refractivity contribution in [1.82, 2.24) is 15.0 Å². The Bertz CT molecular complexity index is 453. The number of hydrogen-bond acceptors (Lipinski definition) is 3. The van der Waals surface area contributed by atoms with Gasteiger partial charge in [-0.05, 0) is 18.2 Å². The number of carboxylic acids is 1. The van der Waals surface area contributed by atoms with Crippen LogP contribution in [0.3, 0.4) is 0 Å². The third-order valence-electron chi connectivity index (χ3n) is 2.34. The number of carboxylic acid groups (broad SMARTS) is 1. The smallest absolute Gasteiger partial charge is 0.304 e. The van der Waals surface area contributed by atoms with Gasteiger partial charge in [0, 0.05) is 18.1 Å². The molecule has 2 rings (SSSR count). The Kier molecular flexibility index (Phi) is 2.95. The van der Waals surface area contributed by atoms with E-state index in [9.17, 15) is 4.79 Å². The topological polar surface area (TPSA) is 78.9 Å². The van der Waals surface area contributed by atoms with Gasteiger partial charge in [-0.2, -0.15) is 0 Å². The number of hydrogen-bond donors (Lipinski definition) is 2. The molecule has 0 fully saturated rings. The van der Waals surface area contributed by atoms with Crippen LogP contribution in [0.1, 0.15) is 23.7 Å². The highest BCUT2D eigenvalue weighted by Gasteiger charge is 2.19. The fraction of sp³-hybridized carbons (Fsp3) is 0.182. The van der Waals surface area contributed by atoms with E-state index in [1.165, 1.54) is 6.33 Å². The van der Waals surface area contributed by atoms with Crippen molar-refractivity contribution in [2.75, 3.05) is 0 Å². The first-order chi connectivity index (χ1) is 7.77. The molecule has 1 atom stereocenters. The Labute approximate surface area is 92.2 Å². The Morgan fingerprint density at radius 1 is 1.50 bits per heavy atom. The Morgan fingerprint density at radius 3 is 2.94 bits per heavy atom. The summed E-state index contributed by atoms with van der Waals surface area (Å²) in [5.74, 6) is -1.10. The van der Waals surface area contributed by atoms with E-state index in [0.717, 1.165) is 5.69 Å². The van der Waals surface area contributed by atoms with Gasteiger partial charge in [0.25, 0.3) is 0 Å². The molecule has 0 spiro atoms. The zero-order valence-electron chi connectivity index (χ0n) is 8.50. The summed E-state index contributed by atoms with van der Waals surface area (Å²) in [4.78, 5) is 21.8. The molecule has 0 amide bonds. The van der Waals surface area contributed by atoms with E-state index in [1.807, 2.05) is 12.1 Å². The van der Waals surface area contributed by atoms with Gasteiger partial charge in [-0.15, -0.1) is 0 Å². The first-order valence-electron chi connectivity index (χ1n) is 4.88.